The van der Waals surface area contributed by atoms with Crippen LogP contribution in [0.1, 0.15) is 5.56 Å². The van der Waals surface area contributed by atoms with E-state index in [-0.39, 0.29) is 0 Å². The molecule has 0 spiro atoms. The molecule has 1 aromatic heterocycles. The van der Waals surface area contributed by atoms with Crippen LogP contribution in [-0.2, 0) is 0 Å². The molecule has 2 heteroatoms. The van der Waals surface area contributed by atoms with Crippen molar-refractivity contribution in [1.82, 2.24) is 4.98 Å². The standard InChI is InChI=1S/C11H11NO/c1-9-7-8-12-11(9)13-10-5-3-2-4-6-10/h2-8,12H,1H3. The second kappa shape index (κ2) is 3.35. The zero-order chi connectivity index (χ0) is 9.10. The fourth-order valence-corrected chi connectivity index (χ4v) is 1.15. The second-order valence-corrected chi connectivity index (χ2v) is 2.90. The van der Waals surface area contributed by atoms with Gasteiger partial charge in [0.15, 0.2) is 5.88 Å². The summed E-state index contributed by atoms with van der Waals surface area (Å²) in [5.74, 6) is 1.67. The maximum atomic E-state index is 5.59. The van der Waals surface area contributed by atoms with E-state index < -0.39 is 0 Å². The number of hydrogen-bond acceptors (Lipinski definition) is 1. The van der Waals surface area contributed by atoms with Crippen LogP contribution >= 0.6 is 0 Å². The van der Waals surface area contributed by atoms with Gasteiger partial charge in [-0.05, 0) is 25.1 Å². The zero-order valence-electron chi connectivity index (χ0n) is 7.45. The number of benzene rings is 1. The first-order valence-corrected chi connectivity index (χ1v) is 4.23. The molecule has 0 aliphatic heterocycles. The van der Waals surface area contributed by atoms with Crippen LogP contribution in [0.3, 0.4) is 0 Å². The highest BCUT2D eigenvalue weighted by Gasteiger charge is 1.99. The maximum Gasteiger partial charge on any atom is 0.200 e. The van der Waals surface area contributed by atoms with Crippen molar-refractivity contribution in [3.05, 3.63) is 48.2 Å². The summed E-state index contributed by atoms with van der Waals surface area (Å²) in [5.41, 5.74) is 1.11. The Kier molecular flexibility index (Phi) is 2.04. The number of para-hydroxylation sites is 1. The first-order valence-electron chi connectivity index (χ1n) is 4.23. The van der Waals surface area contributed by atoms with Gasteiger partial charge in [0.05, 0.1) is 0 Å². The second-order valence-electron chi connectivity index (χ2n) is 2.90. The summed E-state index contributed by atoms with van der Waals surface area (Å²) in [5, 5.41) is 0. The molecule has 0 fully saturated rings. The highest BCUT2D eigenvalue weighted by atomic mass is 16.5. The van der Waals surface area contributed by atoms with Gasteiger partial charge in [-0.15, -0.1) is 0 Å². The lowest BCUT2D eigenvalue weighted by atomic mass is 10.3. The Labute approximate surface area is 77.2 Å². The molecule has 0 atom stereocenters. The largest absolute Gasteiger partial charge is 0.441 e. The molecule has 2 nitrogen and oxygen atoms in total. The molecule has 2 aromatic rings. The highest BCUT2D eigenvalue weighted by Crippen LogP contribution is 2.21. The Morgan fingerprint density at radius 2 is 1.85 bits per heavy atom. The summed E-state index contributed by atoms with van der Waals surface area (Å²) in [6.45, 7) is 2.01. The third kappa shape index (κ3) is 1.72. The predicted octanol–water partition coefficient (Wildman–Crippen LogP) is 3.12. The van der Waals surface area contributed by atoms with E-state index in [1.807, 2.05) is 49.5 Å². The molecule has 2 rings (SSSR count). The number of H-pyrrole nitrogens is 1. The summed E-state index contributed by atoms with van der Waals surface area (Å²) >= 11 is 0. The average Bonchev–Trinajstić information content (AvgIpc) is 2.54. The third-order valence-corrected chi connectivity index (χ3v) is 1.87. The molecular formula is C11H11NO. The molecule has 0 bridgehead atoms. The Balaban J connectivity index is 2.20. The van der Waals surface area contributed by atoms with Gasteiger partial charge in [0.2, 0.25) is 0 Å². The number of hydrogen-bond donors (Lipinski definition) is 1. The van der Waals surface area contributed by atoms with Crippen LogP contribution in [0.2, 0.25) is 0 Å². The molecule has 66 valence electrons. The molecule has 1 heterocycles. The van der Waals surface area contributed by atoms with Gasteiger partial charge in [-0.2, -0.15) is 0 Å². The minimum absolute atomic E-state index is 0.811. The van der Waals surface area contributed by atoms with E-state index in [2.05, 4.69) is 4.98 Å². The average molecular weight is 173 g/mol. The van der Waals surface area contributed by atoms with Crippen LogP contribution in [0, 0.1) is 6.92 Å². The van der Waals surface area contributed by atoms with E-state index in [0.29, 0.717) is 0 Å². The van der Waals surface area contributed by atoms with Gasteiger partial charge in [0.1, 0.15) is 5.75 Å². The molecule has 0 saturated heterocycles. The maximum absolute atomic E-state index is 5.59. The van der Waals surface area contributed by atoms with Crippen LogP contribution in [0.5, 0.6) is 11.6 Å². The first-order chi connectivity index (χ1) is 6.36. The van der Waals surface area contributed by atoms with Gasteiger partial charge < -0.3 is 9.72 Å². The van der Waals surface area contributed by atoms with Gasteiger partial charge >= 0.3 is 0 Å². The lowest BCUT2D eigenvalue weighted by Crippen LogP contribution is -1.84. The molecule has 13 heavy (non-hydrogen) atoms. The fraction of sp³-hybridized carbons (Fsp3) is 0.0909. The Hall–Kier alpha value is -1.70. The Morgan fingerprint density at radius 1 is 1.08 bits per heavy atom. The number of aryl methyl sites for hydroxylation is 1. The van der Waals surface area contributed by atoms with Crippen molar-refractivity contribution in [3.8, 4) is 11.6 Å². The van der Waals surface area contributed by atoms with Crippen LogP contribution in [0.4, 0.5) is 0 Å². The lowest BCUT2D eigenvalue weighted by Gasteiger charge is -2.03. The van der Waals surface area contributed by atoms with Crippen molar-refractivity contribution in [2.75, 3.05) is 0 Å². The fourth-order valence-electron chi connectivity index (χ4n) is 1.15. The highest BCUT2D eigenvalue weighted by molar-refractivity contribution is 5.31. The molecule has 0 saturated carbocycles. The molecule has 0 aliphatic carbocycles. The van der Waals surface area contributed by atoms with Gasteiger partial charge in [0, 0.05) is 11.8 Å². The van der Waals surface area contributed by atoms with Crippen molar-refractivity contribution in [3.63, 3.8) is 0 Å². The molecule has 0 radical (unpaired) electrons. The molecule has 1 N–H and O–H groups in total. The van der Waals surface area contributed by atoms with Gasteiger partial charge in [-0.1, -0.05) is 18.2 Å². The van der Waals surface area contributed by atoms with E-state index in [0.717, 1.165) is 17.2 Å². The number of aromatic amines is 1. The molecule has 1 aromatic carbocycles. The van der Waals surface area contributed by atoms with Crippen molar-refractivity contribution in [2.24, 2.45) is 0 Å². The van der Waals surface area contributed by atoms with Crippen molar-refractivity contribution in [1.29, 1.82) is 0 Å². The topological polar surface area (TPSA) is 25.0 Å². The van der Waals surface area contributed by atoms with Crippen LogP contribution in [0.25, 0.3) is 0 Å². The first kappa shape index (κ1) is 7.92. The van der Waals surface area contributed by atoms with Crippen LogP contribution in [0.15, 0.2) is 42.6 Å². The minimum atomic E-state index is 0.811. The third-order valence-electron chi connectivity index (χ3n) is 1.87. The Morgan fingerprint density at radius 3 is 2.46 bits per heavy atom. The summed E-state index contributed by atoms with van der Waals surface area (Å²) in [7, 11) is 0. The molecule has 0 amide bonds. The summed E-state index contributed by atoms with van der Waals surface area (Å²) in [6.07, 6.45) is 1.87. The normalized spacial score (nSPS) is 9.92. The van der Waals surface area contributed by atoms with E-state index >= 15 is 0 Å². The summed E-state index contributed by atoms with van der Waals surface area (Å²) < 4.78 is 5.59. The lowest BCUT2D eigenvalue weighted by molar-refractivity contribution is 0.462. The number of ether oxygens (including phenoxy) is 1. The number of rotatable bonds is 2. The van der Waals surface area contributed by atoms with E-state index in [4.69, 9.17) is 4.74 Å². The smallest absolute Gasteiger partial charge is 0.200 e. The van der Waals surface area contributed by atoms with Gasteiger partial charge in [-0.3, -0.25) is 0 Å². The number of aromatic nitrogens is 1. The van der Waals surface area contributed by atoms with Crippen molar-refractivity contribution in [2.45, 2.75) is 6.92 Å². The molecular weight excluding hydrogens is 162 g/mol. The SMILES string of the molecule is Cc1cc[nH]c1Oc1ccccc1. The quantitative estimate of drug-likeness (QED) is 0.741. The zero-order valence-corrected chi connectivity index (χ0v) is 7.45. The van der Waals surface area contributed by atoms with Crippen LogP contribution < -0.4 is 4.74 Å². The Bertz CT molecular complexity index is 378. The molecule has 0 unspecified atom stereocenters. The summed E-state index contributed by atoms with van der Waals surface area (Å²) in [4.78, 5) is 3.03. The molecule has 0 aliphatic rings. The van der Waals surface area contributed by atoms with E-state index in [9.17, 15) is 0 Å². The predicted molar refractivity (Wildman–Crippen MR) is 52.0 cm³/mol. The number of nitrogens with one attached hydrogen (secondary N) is 1. The van der Waals surface area contributed by atoms with E-state index in [1.165, 1.54) is 0 Å². The van der Waals surface area contributed by atoms with Crippen molar-refractivity contribution < 1.29 is 4.74 Å². The van der Waals surface area contributed by atoms with E-state index in [1.54, 1.807) is 0 Å². The summed E-state index contributed by atoms with van der Waals surface area (Å²) in [6, 6.07) is 11.7. The minimum Gasteiger partial charge on any atom is -0.441 e. The monoisotopic (exact) mass is 173 g/mol. The van der Waals surface area contributed by atoms with Gasteiger partial charge in [-0.25, -0.2) is 0 Å². The van der Waals surface area contributed by atoms with Crippen LogP contribution in [-0.4, -0.2) is 4.98 Å². The van der Waals surface area contributed by atoms with Crippen molar-refractivity contribution >= 4 is 0 Å². The van der Waals surface area contributed by atoms with Gasteiger partial charge in [0.25, 0.3) is 0 Å².